The van der Waals surface area contributed by atoms with E-state index in [9.17, 15) is 4.79 Å². The van der Waals surface area contributed by atoms with Crippen LogP contribution in [0, 0.1) is 0 Å². The number of hydrogen-bond donors (Lipinski definition) is 2. The number of nitrogens with two attached hydrogens (primary N) is 1. The summed E-state index contributed by atoms with van der Waals surface area (Å²) in [5.74, 6) is 1.19. The Morgan fingerprint density at radius 2 is 2.05 bits per heavy atom. The quantitative estimate of drug-likeness (QED) is 0.887. The molecule has 0 fully saturated rings. The van der Waals surface area contributed by atoms with Gasteiger partial charge in [0.2, 0.25) is 5.91 Å². The fourth-order valence-electron chi connectivity index (χ4n) is 1.80. The van der Waals surface area contributed by atoms with Crippen LogP contribution in [-0.2, 0) is 4.79 Å². The highest BCUT2D eigenvalue weighted by atomic mass is 35.5. The third-order valence-corrected chi connectivity index (χ3v) is 2.75. The van der Waals surface area contributed by atoms with Gasteiger partial charge in [0.15, 0.2) is 11.5 Å². The van der Waals surface area contributed by atoms with Crippen LogP contribution in [0.3, 0.4) is 0 Å². The van der Waals surface area contributed by atoms with Crippen LogP contribution in [0.5, 0.6) is 11.5 Å². The molecule has 0 saturated heterocycles. The zero-order chi connectivity index (χ0) is 13.0. The predicted octanol–water partition coefficient (Wildman–Crippen LogP) is 1.95. The van der Waals surface area contributed by atoms with Crippen LogP contribution in [0.1, 0.15) is 19.8 Å². The van der Waals surface area contributed by atoms with Crippen LogP contribution in [0.4, 0.5) is 5.69 Å². The van der Waals surface area contributed by atoms with E-state index in [1.165, 1.54) is 0 Å². The maximum absolute atomic E-state index is 11.8. The molecule has 1 aliphatic rings. The lowest BCUT2D eigenvalue weighted by molar-refractivity contribution is -0.117. The predicted molar refractivity (Wildman–Crippen MR) is 76.2 cm³/mol. The number of rotatable bonds is 4. The van der Waals surface area contributed by atoms with E-state index in [-0.39, 0.29) is 18.3 Å². The maximum atomic E-state index is 11.8. The van der Waals surface area contributed by atoms with Gasteiger partial charge in [-0.25, -0.2) is 0 Å². The maximum Gasteiger partial charge on any atom is 0.241 e. The Bertz CT molecular complexity index is 440. The molecule has 1 aromatic carbocycles. The summed E-state index contributed by atoms with van der Waals surface area (Å²) in [5, 5.41) is 2.78. The second kappa shape index (κ2) is 7.21. The number of nitrogens with one attached hydrogen (secondary N) is 1. The summed E-state index contributed by atoms with van der Waals surface area (Å²) >= 11 is 0. The second-order valence-corrected chi connectivity index (χ2v) is 4.24. The zero-order valence-electron chi connectivity index (χ0n) is 10.8. The topological polar surface area (TPSA) is 73.6 Å². The lowest BCUT2D eigenvalue weighted by Gasteiger charge is -2.19. The minimum atomic E-state index is -0.469. The SMILES string of the molecule is CCCC(N)C(=O)Nc1ccc2c(c1)OCCO2.Cl. The molecular formula is C13H19ClN2O3. The second-order valence-electron chi connectivity index (χ2n) is 4.24. The van der Waals surface area contributed by atoms with Crippen molar-refractivity contribution >= 4 is 24.0 Å². The van der Waals surface area contributed by atoms with Gasteiger partial charge in [0, 0.05) is 11.8 Å². The van der Waals surface area contributed by atoms with Crippen LogP contribution < -0.4 is 20.5 Å². The molecule has 0 aromatic heterocycles. The Morgan fingerprint density at radius 3 is 2.74 bits per heavy atom. The number of ether oxygens (including phenoxy) is 2. The van der Waals surface area contributed by atoms with Gasteiger partial charge in [-0.3, -0.25) is 4.79 Å². The first kappa shape index (κ1) is 15.6. The van der Waals surface area contributed by atoms with E-state index < -0.39 is 6.04 Å². The van der Waals surface area contributed by atoms with Crippen molar-refractivity contribution in [2.45, 2.75) is 25.8 Å². The molecule has 0 bridgehead atoms. The van der Waals surface area contributed by atoms with E-state index in [1.807, 2.05) is 6.92 Å². The first-order valence-electron chi connectivity index (χ1n) is 6.17. The summed E-state index contributed by atoms with van der Waals surface area (Å²) in [6.45, 7) is 3.08. The van der Waals surface area contributed by atoms with Crippen molar-refractivity contribution in [2.75, 3.05) is 18.5 Å². The number of benzene rings is 1. The minimum Gasteiger partial charge on any atom is -0.486 e. The van der Waals surface area contributed by atoms with Gasteiger partial charge in [0.05, 0.1) is 6.04 Å². The molecule has 106 valence electrons. The molecule has 19 heavy (non-hydrogen) atoms. The van der Waals surface area contributed by atoms with Gasteiger partial charge in [0.25, 0.3) is 0 Å². The number of hydrogen-bond acceptors (Lipinski definition) is 4. The Morgan fingerprint density at radius 1 is 1.37 bits per heavy atom. The highest BCUT2D eigenvalue weighted by molar-refractivity contribution is 5.94. The molecule has 0 spiro atoms. The standard InChI is InChI=1S/C13H18N2O3.ClH/c1-2-3-10(14)13(16)15-9-4-5-11-12(8-9)18-7-6-17-11;/h4-5,8,10H,2-3,6-7,14H2,1H3,(H,15,16);1H. The molecule has 1 atom stereocenters. The fourth-order valence-corrected chi connectivity index (χ4v) is 1.80. The molecular weight excluding hydrogens is 268 g/mol. The average molecular weight is 287 g/mol. The van der Waals surface area contributed by atoms with Crippen LogP contribution in [0.25, 0.3) is 0 Å². The average Bonchev–Trinajstić information content (AvgIpc) is 2.39. The molecule has 6 heteroatoms. The Labute approximate surface area is 118 Å². The number of carbonyl (C=O) groups is 1. The van der Waals surface area contributed by atoms with Gasteiger partial charge in [0.1, 0.15) is 13.2 Å². The van der Waals surface area contributed by atoms with E-state index in [0.717, 1.165) is 6.42 Å². The van der Waals surface area contributed by atoms with Crippen LogP contribution in [0.15, 0.2) is 18.2 Å². The molecule has 1 aromatic rings. The van der Waals surface area contributed by atoms with Crippen LogP contribution in [-0.4, -0.2) is 25.2 Å². The van der Waals surface area contributed by atoms with Crippen molar-refractivity contribution in [1.82, 2.24) is 0 Å². The van der Waals surface area contributed by atoms with Crippen molar-refractivity contribution < 1.29 is 14.3 Å². The number of amides is 1. The molecule has 1 amide bonds. The molecule has 1 aliphatic heterocycles. The molecule has 1 unspecified atom stereocenters. The third-order valence-electron chi connectivity index (χ3n) is 2.75. The van der Waals surface area contributed by atoms with Gasteiger partial charge >= 0.3 is 0 Å². The zero-order valence-corrected chi connectivity index (χ0v) is 11.7. The molecule has 3 N–H and O–H groups in total. The molecule has 0 saturated carbocycles. The van der Waals surface area contributed by atoms with Gasteiger partial charge in [-0.15, -0.1) is 12.4 Å². The lowest BCUT2D eigenvalue weighted by Crippen LogP contribution is -2.35. The van der Waals surface area contributed by atoms with Gasteiger partial charge in [-0.2, -0.15) is 0 Å². The molecule has 0 aliphatic carbocycles. The minimum absolute atomic E-state index is 0. The molecule has 1 heterocycles. The van der Waals surface area contributed by atoms with E-state index in [0.29, 0.717) is 36.8 Å². The fraction of sp³-hybridized carbons (Fsp3) is 0.462. The summed E-state index contributed by atoms with van der Waals surface area (Å²) in [6, 6.07) is 4.85. The molecule has 2 rings (SSSR count). The van der Waals surface area contributed by atoms with Crippen LogP contribution >= 0.6 is 12.4 Å². The smallest absolute Gasteiger partial charge is 0.241 e. The molecule has 5 nitrogen and oxygen atoms in total. The van der Waals surface area contributed by atoms with Crippen molar-refractivity contribution in [1.29, 1.82) is 0 Å². The normalized spacial score (nSPS) is 14.2. The first-order chi connectivity index (χ1) is 8.70. The van der Waals surface area contributed by atoms with Gasteiger partial charge in [-0.1, -0.05) is 13.3 Å². The highest BCUT2D eigenvalue weighted by Crippen LogP contribution is 2.32. The highest BCUT2D eigenvalue weighted by Gasteiger charge is 2.15. The Balaban J connectivity index is 0.00000180. The summed E-state index contributed by atoms with van der Waals surface area (Å²) in [5.41, 5.74) is 6.42. The van der Waals surface area contributed by atoms with E-state index in [1.54, 1.807) is 18.2 Å². The van der Waals surface area contributed by atoms with Crippen molar-refractivity contribution in [2.24, 2.45) is 5.73 Å². The van der Waals surface area contributed by atoms with Gasteiger partial charge in [-0.05, 0) is 18.6 Å². The summed E-state index contributed by atoms with van der Waals surface area (Å²) < 4.78 is 10.9. The van der Waals surface area contributed by atoms with Crippen molar-refractivity contribution in [3.8, 4) is 11.5 Å². The summed E-state index contributed by atoms with van der Waals surface area (Å²) in [7, 11) is 0. The number of carbonyl (C=O) groups excluding carboxylic acids is 1. The van der Waals surface area contributed by atoms with E-state index >= 15 is 0 Å². The number of anilines is 1. The Hall–Kier alpha value is -1.46. The monoisotopic (exact) mass is 286 g/mol. The largest absolute Gasteiger partial charge is 0.486 e. The number of fused-ring (bicyclic) bond motifs is 1. The third kappa shape index (κ3) is 4.01. The van der Waals surface area contributed by atoms with E-state index in [2.05, 4.69) is 5.32 Å². The van der Waals surface area contributed by atoms with Gasteiger partial charge < -0.3 is 20.5 Å². The summed E-state index contributed by atoms with van der Waals surface area (Å²) in [4.78, 5) is 11.8. The summed E-state index contributed by atoms with van der Waals surface area (Å²) in [6.07, 6.45) is 1.56. The van der Waals surface area contributed by atoms with Crippen molar-refractivity contribution in [3.63, 3.8) is 0 Å². The van der Waals surface area contributed by atoms with Crippen molar-refractivity contribution in [3.05, 3.63) is 18.2 Å². The van der Waals surface area contributed by atoms with E-state index in [4.69, 9.17) is 15.2 Å². The first-order valence-corrected chi connectivity index (χ1v) is 6.17. The lowest BCUT2D eigenvalue weighted by atomic mass is 10.1. The molecule has 0 radical (unpaired) electrons. The Kier molecular flexibility index (Phi) is 5.92. The van der Waals surface area contributed by atoms with Crippen LogP contribution in [0.2, 0.25) is 0 Å². The number of halogens is 1.